The Morgan fingerprint density at radius 3 is 3.06 bits per heavy atom. The molecule has 3 rings (SSSR count). The summed E-state index contributed by atoms with van der Waals surface area (Å²) in [6.45, 7) is 0.680. The molecule has 2 aromatic rings. The maximum absolute atomic E-state index is 10.3. The van der Waals surface area contributed by atoms with E-state index in [0.29, 0.717) is 12.3 Å². The van der Waals surface area contributed by atoms with Gasteiger partial charge in [0, 0.05) is 24.4 Å². The van der Waals surface area contributed by atoms with E-state index in [1.165, 1.54) is 0 Å². The molecule has 0 amide bonds. The van der Waals surface area contributed by atoms with E-state index < -0.39 is 6.10 Å². The first kappa shape index (κ1) is 10.2. The molecule has 1 N–H and O–H groups in total. The first-order chi connectivity index (χ1) is 8.36. The molecule has 1 aromatic heterocycles. The minimum Gasteiger partial charge on any atom is -0.493 e. The largest absolute Gasteiger partial charge is 0.493 e. The molecule has 1 aliphatic heterocycles. The summed E-state index contributed by atoms with van der Waals surface area (Å²) in [7, 11) is 0. The highest BCUT2D eigenvalue weighted by atomic mass is 16.5. The van der Waals surface area contributed by atoms with Crippen molar-refractivity contribution in [2.24, 2.45) is 0 Å². The normalized spacial score (nSPS) is 15.1. The van der Waals surface area contributed by atoms with Gasteiger partial charge < -0.3 is 9.84 Å². The van der Waals surface area contributed by atoms with Crippen LogP contribution in [0, 0.1) is 0 Å². The van der Waals surface area contributed by atoms with Crippen LogP contribution in [-0.2, 0) is 6.42 Å². The summed E-state index contributed by atoms with van der Waals surface area (Å²) in [5.74, 6) is 0.797. The summed E-state index contributed by atoms with van der Waals surface area (Å²) < 4.78 is 5.56. The fourth-order valence-corrected chi connectivity index (χ4v) is 2.07. The van der Waals surface area contributed by atoms with Gasteiger partial charge in [-0.15, -0.1) is 0 Å². The maximum Gasteiger partial charge on any atom is 0.128 e. The van der Waals surface area contributed by atoms with Crippen molar-refractivity contribution in [3.8, 4) is 5.75 Å². The number of ether oxygens (including phenoxy) is 1. The maximum atomic E-state index is 10.3. The van der Waals surface area contributed by atoms with Crippen molar-refractivity contribution in [3.05, 3.63) is 53.6 Å². The molecule has 0 radical (unpaired) electrons. The lowest BCUT2D eigenvalue weighted by atomic mass is 10.0. The standard InChI is InChI=1S/C13H12N2O2/c16-12(11-8-14-5-6-15-11)10-3-1-2-9-4-7-17-13(9)10/h1-3,5-6,8,12,16H,4,7H2. The van der Waals surface area contributed by atoms with Crippen molar-refractivity contribution in [2.45, 2.75) is 12.5 Å². The SMILES string of the molecule is OC(c1cnccn1)c1cccc2c1OCC2. The number of nitrogens with zero attached hydrogens (tertiary/aromatic N) is 2. The van der Waals surface area contributed by atoms with E-state index in [2.05, 4.69) is 9.97 Å². The summed E-state index contributed by atoms with van der Waals surface area (Å²) in [4.78, 5) is 8.07. The monoisotopic (exact) mass is 228 g/mol. The van der Waals surface area contributed by atoms with Gasteiger partial charge in [-0.05, 0) is 5.56 Å². The van der Waals surface area contributed by atoms with Crippen LogP contribution in [0.15, 0.2) is 36.8 Å². The zero-order valence-electron chi connectivity index (χ0n) is 9.21. The first-order valence-electron chi connectivity index (χ1n) is 5.55. The Balaban J connectivity index is 2.03. The quantitative estimate of drug-likeness (QED) is 0.846. The lowest BCUT2D eigenvalue weighted by Crippen LogP contribution is -2.04. The van der Waals surface area contributed by atoms with Gasteiger partial charge in [0.15, 0.2) is 0 Å². The Morgan fingerprint density at radius 2 is 2.24 bits per heavy atom. The van der Waals surface area contributed by atoms with Crippen molar-refractivity contribution < 1.29 is 9.84 Å². The Morgan fingerprint density at radius 1 is 1.29 bits per heavy atom. The molecule has 1 atom stereocenters. The number of aromatic nitrogens is 2. The number of benzene rings is 1. The molecular formula is C13H12N2O2. The highest BCUT2D eigenvalue weighted by Gasteiger charge is 2.22. The van der Waals surface area contributed by atoms with Crippen LogP contribution in [0.25, 0.3) is 0 Å². The van der Waals surface area contributed by atoms with E-state index >= 15 is 0 Å². The molecular weight excluding hydrogens is 216 g/mol. The third-order valence-corrected chi connectivity index (χ3v) is 2.90. The number of aliphatic hydroxyl groups is 1. The fraction of sp³-hybridized carbons (Fsp3) is 0.231. The van der Waals surface area contributed by atoms with Gasteiger partial charge in [0.25, 0.3) is 0 Å². The van der Waals surface area contributed by atoms with Crippen LogP contribution in [0.2, 0.25) is 0 Å². The van der Waals surface area contributed by atoms with Crippen LogP contribution in [0.5, 0.6) is 5.75 Å². The average Bonchev–Trinajstić information content (AvgIpc) is 2.87. The predicted molar refractivity (Wildman–Crippen MR) is 61.7 cm³/mol. The number of fused-ring (bicyclic) bond motifs is 1. The van der Waals surface area contributed by atoms with Crippen LogP contribution in [0.3, 0.4) is 0 Å². The molecule has 4 heteroatoms. The number of hydrogen-bond acceptors (Lipinski definition) is 4. The number of rotatable bonds is 2. The van der Waals surface area contributed by atoms with Crippen molar-refractivity contribution in [1.29, 1.82) is 0 Å². The molecule has 1 aliphatic rings. The third-order valence-electron chi connectivity index (χ3n) is 2.90. The topological polar surface area (TPSA) is 55.2 Å². The van der Waals surface area contributed by atoms with Crippen molar-refractivity contribution in [1.82, 2.24) is 9.97 Å². The molecule has 0 bridgehead atoms. The van der Waals surface area contributed by atoms with Crippen molar-refractivity contribution >= 4 is 0 Å². The lowest BCUT2D eigenvalue weighted by molar-refractivity contribution is 0.208. The van der Waals surface area contributed by atoms with E-state index in [0.717, 1.165) is 23.3 Å². The van der Waals surface area contributed by atoms with E-state index in [9.17, 15) is 5.11 Å². The van der Waals surface area contributed by atoms with Crippen LogP contribution >= 0.6 is 0 Å². The predicted octanol–water partition coefficient (Wildman–Crippen LogP) is 1.49. The Hall–Kier alpha value is -1.94. The Labute approximate surface area is 98.9 Å². The second-order valence-corrected chi connectivity index (χ2v) is 3.97. The average molecular weight is 228 g/mol. The van der Waals surface area contributed by atoms with Crippen LogP contribution < -0.4 is 4.74 Å². The van der Waals surface area contributed by atoms with Crippen LogP contribution in [0.1, 0.15) is 22.9 Å². The van der Waals surface area contributed by atoms with Gasteiger partial charge >= 0.3 is 0 Å². The third kappa shape index (κ3) is 1.76. The molecule has 17 heavy (non-hydrogen) atoms. The number of para-hydroxylation sites is 1. The lowest BCUT2D eigenvalue weighted by Gasteiger charge is -2.13. The summed E-state index contributed by atoms with van der Waals surface area (Å²) in [6, 6.07) is 5.82. The zero-order valence-corrected chi connectivity index (χ0v) is 9.21. The van der Waals surface area contributed by atoms with Gasteiger partial charge in [-0.25, -0.2) is 0 Å². The van der Waals surface area contributed by atoms with Gasteiger partial charge in [-0.1, -0.05) is 18.2 Å². The summed E-state index contributed by atoms with van der Waals surface area (Å²) in [5, 5.41) is 10.3. The van der Waals surface area contributed by atoms with Crippen LogP contribution in [-0.4, -0.2) is 21.7 Å². The fourth-order valence-electron chi connectivity index (χ4n) is 2.07. The molecule has 1 aromatic carbocycles. The second kappa shape index (κ2) is 4.14. The van der Waals surface area contributed by atoms with Crippen molar-refractivity contribution in [2.75, 3.05) is 6.61 Å². The van der Waals surface area contributed by atoms with Crippen LogP contribution in [0.4, 0.5) is 0 Å². The van der Waals surface area contributed by atoms with E-state index in [1.54, 1.807) is 18.6 Å². The van der Waals surface area contributed by atoms with E-state index in [-0.39, 0.29) is 0 Å². The summed E-state index contributed by atoms with van der Waals surface area (Å²) in [5.41, 5.74) is 2.45. The second-order valence-electron chi connectivity index (χ2n) is 3.97. The number of aliphatic hydroxyl groups excluding tert-OH is 1. The first-order valence-corrected chi connectivity index (χ1v) is 5.55. The smallest absolute Gasteiger partial charge is 0.128 e. The molecule has 1 unspecified atom stereocenters. The highest BCUT2D eigenvalue weighted by molar-refractivity contribution is 5.46. The molecule has 4 nitrogen and oxygen atoms in total. The molecule has 0 fully saturated rings. The Kier molecular flexibility index (Phi) is 2.49. The number of hydrogen-bond donors (Lipinski definition) is 1. The van der Waals surface area contributed by atoms with Gasteiger partial charge in [0.05, 0.1) is 18.5 Å². The van der Waals surface area contributed by atoms with Gasteiger partial charge in [0.2, 0.25) is 0 Å². The molecule has 0 saturated carbocycles. The zero-order chi connectivity index (χ0) is 11.7. The molecule has 2 heterocycles. The van der Waals surface area contributed by atoms with Gasteiger partial charge in [0.1, 0.15) is 11.9 Å². The molecule has 0 aliphatic carbocycles. The Bertz CT molecular complexity index is 528. The molecule has 0 saturated heterocycles. The van der Waals surface area contributed by atoms with Gasteiger partial charge in [-0.3, -0.25) is 9.97 Å². The van der Waals surface area contributed by atoms with Gasteiger partial charge in [-0.2, -0.15) is 0 Å². The minimum atomic E-state index is -0.781. The summed E-state index contributed by atoms with van der Waals surface area (Å²) in [6.07, 6.45) is 4.84. The van der Waals surface area contributed by atoms with Crippen molar-refractivity contribution in [3.63, 3.8) is 0 Å². The van der Waals surface area contributed by atoms with E-state index in [4.69, 9.17) is 4.74 Å². The molecule has 0 spiro atoms. The highest BCUT2D eigenvalue weighted by Crippen LogP contribution is 2.35. The minimum absolute atomic E-state index is 0.538. The summed E-state index contributed by atoms with van der Waals surface area (Å²) >= 11 is 0. The molecule has 86 valence electrons. The van der Waals surface area contributed by atoms with E-state index in [1.807, 2.05) is 18.2 Å².